The molecule has 1 heterocycles. The molecule has 11 nitrogen and oxygen atoms in total. The average Bonchev–Trinajstić information content (AvgIpc) is 2.39. The van der Waals surface area contributed by atoms with E-state index in [4.69, 9.17) is 32.3 Å². The standard InChI is InChI=1S/C6H7NO3S.C3H6N6.CH2O/c7-5-1-3-6(4-2-5)11(8,9)10;4-1-7-2(5)9-3(6)8-1;1-2/h1-4H,7H2,(H,8,9,10);(H6,4,5,6,7,8,9);1H2. The predicted octanol–water partition coefficient (Wildman–Crippen LogP) is -1.05. The summed E-state index contributed by atoms with van der Waals surface area (Å²) < 4.78 is 29.4. The maximum atomic E-state index is 10.5. The van der Waals surface area contributed by atoms with Crippen molar-refractivity contribution >= 4 is 40.4 Å². The van der Waals surface area contributed by atoms with Crippen LogP contribution in [0.2, 0.25) is 0 Å². The van der Waals surface area contributed by atoms with E-state index >= 15 is 0 Å². The lowest BCUT2D eigenvalue weighted by Crippen LogP contribution is -2.05. The molecule has 120 valence electrons. The van der Waals surface area contributed by atoms with E-state index in [1.807, 2.05) is 6.79 Å². The fourth-order valence-electron chi connectivity index (χ4n) is 1.07. The molecule has 9 N–H and O–H groups in total. The van der Waals surface area contributed by atoms with Crippen LogP contribution in [0.15, 0.2) is 29.2 Å². The Morgan fingerprint density at radius 2 is 1.14 bits per heavy atom. The molecule has 0 atom stereocenters. The van der Waals surface area contributed by atoms with Crippen LogP contribution >= 0.6 is 0 Å². The Hall–Kier alpha value is -2.99. The predicted molar refractivity (Wildman–Crippen MR) is 80.9 cm³/mol. The molecule has 0 aliphatic heterocycles. The van der Waals surface area contributed by atoms with E-state index in [1.54, 1.807) is 0 Å². The molecule has 0 fully saturated rings. The van der Waals surface area contributed by atoms with Crippen LogP contribution < -0.4 is 22.9 Å². The minimum Gasteiger partial charge on any atom is -0.399 e. The van der Waals surface area contributed by atoms with Gasteiger partial charge in [0.1, 0.15) is 6.79 Å². The van der Waals surface area contributed by atoms with Crippen LogP contribution in [-0.2, 0) is 14.9 Å². The van der Waals surface area contributed by atoms with E-state index in [9.17, 15) is 8.42 Å². The highest BCUT2D eigenvalue weighted by Crippen LogP contribution is 2.10. The van der Waals surface area contributed by atoms with Crippen LogP contribution in [0, 0.1) is 0 Å². The summed E-state index contributed by atoms with van der Waals surface area (Å²) in [4.78, 5) is 18.3. The summed E-state index contributed by atoms with van der Waals surface area (Å²) in [5.41, 5.74) is 21.2. The highest BCUT2D eigenvalue weighted by Gasteiger charge is 2.06. The van der Waals surface area contributed by atoms with Crippen molar-refractivity contribution in [3.8, 4) is 0 Å². The second kappa shape index (κ2) is 8.33. The number of hydrogen-bond acceptors (Lipinski definition) is 10. The molecule has 0 aliphatic rings. The van der Waals surface area contributed by atoms with Gasteiger partial charge in [-0.05, 0) is 24.3 Å². The lowest BCUT2D eigenvalue weighted by molar-refractivity contribution is -0.0980. The van der Waals surface area contributed by atoms with Gasteiger partial charge in [0.2, 0.25) is 17.8 Å². The Morgan fingerprint density at radius 1 is 0.818 bits per heavy atom. The quantitative estimate of drug-likeness (QED) is 0.314. The van der Waals surface area contributed by atoms with Crippen molar-refractivity contribution in [1.29, 1.82) is 0 Å². The maximum absolute atomic E-state index is 10.5. The van der Waals surface area contributed by atoms with E-state index in [0.717, 1.165) is 0 Å². The van der Waals surface area contributed by atoms with Crippen LogP contribution in [0.5, 0.6) is 0 Å². The number of hydrogen-bond donors (Lipinski definition) is 5. The number of aromatic nitrogens is 3. The number of benzene rings is 1. The van der Waals surface area contributed by atoms with Gasteiger partial charge in [-0.1, -0.05) is 0 Å². The summed E-state index contributed by atoms with van der Waals surface area (Å²) in [5, 5.41) is 0. The molecule has 22 heavy (non-hydrogen) atoms. The third kappa shape index (κ3) is 6.97. The normalized spacial score (nSPS) is 9.68. The Labute approximate surface area is 126 Å². The first-order valence-corrected chi connectivity index (χ1v) is 6.77. The topological polar surface area (TPSA) is 214 Å². The third-order valence-electron chi connectivity index (χ3n) is 1.87. The molecule has 0 saturated heterocycles. The van der Waals surface area contributed by atoms with Gasteiger partial charge in [-0.15, -0.1) is 0 Å². The average molecular weight is 329 g/mol. The first-order chi connectivity index (χ1) is 10.2. The largest absolute Gasteiger partial charge is 0.399 e. The first-order valence-electron chi connectivity index (χ1n) is 5.33. The highest BCUT2D eigenvalue weighted by atomic mass is 32.2. The highest BCUT2D eigenvalue weighted by molar-refractivity contribution is 7.85. The van der Waals surface area contributed by atoms with Crippen molar-refractivity contribution in [1.82, 2.24) is 15.0 Å². The summed E-state index contributed by atoms with van der Waals surface area (Å²) in [7, 11) is -4.08. The van der Waals surface area contributed by atoms with Gasteiger partial charge < -0.3 is 27.7 Å². The SMILES string of the molecule is C=O.Nc1ccc(S(=O)(=O)O)cc1.Nc1nc(N)nc(N)n1. The maximum Gasteiger partial charge on any atom is 0.294 e. The lowest BCUT2D eigenvalue weighted by atomic mass is 10.3. The van der Waals surface area contributed by atoms with E-state index < -0.39 is 10.1 Å². The molecule has 0 saturated carbocycles. The molecule has 0 spiro atoms. The molecule has 0 bridgehead atoms. The fourth-order valence-corrected chi connectivity index (χ4v) is 1.55. The van der Waals surface area contributed by atoms with Crippen LogP contribution in [0.3, 0.4) is 0 Å². The van der Waals surface area contributed by atoms with Crippen molar-refractivity contribution in [2.24, 2.45) is 0 Å². The molecule has 0 aliphatic carbocycles. The fraction of sp³-hybridized carbons (Fsp3) is 0. The molecule has 1 aromatic heterocycles. The second-order valence-corrected chi connectivity index (χ2v) is 4.88. The molecule has 12 heteroatoms. The van der Waals surface area contributed by atoms with Gasteiger partial charge in [-0.3, -0.25) is 4.55 Å². The summed E-state index contributed by atoms with van der Waals surface area (Å²) in [6.45, 7) is 2.00. The monoisotopic (exact) mass is 329 g/mol. The first kappa shape index (κ1) is 19.0. The molecular weight excluding hydrogens is 314 g/mol. The molecule has 1 aromatic carbocycles. The van der Waals surface area contributed by atoms with E-state index in [2.05, 4.69) is 15.0 Å². The van der Waals surface area contributed by atoms with Gasteiger partial charge in [0.25, 0.3) is 10.1 Å². The van der Waals surface area contributed by atoms with Gasteiger partial charge >= 0.3 is 0 Å². The summed E-state index contributed by atoms with van der Waals surface area (Å²) >= 11 is 0. The number of carbonyl (C=O) groups excluding carboxylic acids is 1. The molecule has 0 amide bonds. The number of carbonyl (C=O) groups is 1. The lowest BCUT2D eigenvalue weighted by Gasteiger charge is -1.95. The number of nitrogens with zero attached hydrogens (tertiary/aromatic N) is 3. The minimum atomic E-state index is -4.08. The van der Waals surface area contributed by atoms with Crippen LogP contribution in [0.1, 0.15) is 0 Å². The van der Waals surface area contributed by atoms with Gasteiger partial charge in [0.15, 0.2) is 0 Å². The number of anilines is 4. The zero-order valence-corrected chi connectivity index (χ0v) is 12.1. The minimum absolute atomic E-state index is 0.0417. The number of nitrogens with two attached hydrogens (primary N) is 4. The van der Waals surface area contributed by atoms with Gasteiger partial charge in [0.05, 0.1) is 4.90 Å². The van der Waals surface area contributed by atoms with Crippen molar-refractivity contribution in [3.63, 3.8) is 0 Å². The summed E-state index contributed by atoms with van der Waals surface area (Å²) in [6.07, 6.45) is 0. The summed E-state index contributed by atoms with van der Waals surface area (Å²) in [5.74, 6) is 0.125. The van der Waals surface area contributed by atoms with Crippen LogP contribution in [0.4, 0.5) is 23.5 Å². The zero-order valence-electron chi connectivity index (χ0n) is 11.2. The van der Waals surface area contributed by atoms with Gasteiger partial charge in [0, 0.05) is 5.69 Å². The Morgan fingerprint density at radius 3 is 1.41 bits per heavy atom. The summed E-state index contributed by atoms with van der Waals surface area (Å²) in [6, 6.07) is 5.29. The van der Waals surface area contributed by atoms with Gasteiger partial charge in [-0.25, -0.2) is 0 Å². The van der Waals surface area contributed by atoms with E-state index in [0.29, 0.717) is 5.69 Å². The Bertz CT molecular complexity index is 655. The smallest absolute Gasteiger partial charge is 0.294 e. The molecule has 2 aromatic rings. The molecular formula is C10H15N7O4S. The van der Waals surface area contributed by atoms with Crippen molar-refractivity contribution in [3.05, 3.63) is 24.3 Å². The van der Waals surface area contributed by atoms with Gasteiger partial charge in [-0.2, -0.15) is 23.4 Å². The van der Waals surface area contributed by atoms with Crippen molar-refractivity contribution in [2.45, 2.75) is 4.90 Å². The van der Waals surface area contributed by atoms with Crippen LogP contribution in [-0.4, -0.2) is 34.7 Å². The van der Waals surface area contributed by atoms with Crippen molar-refractivity contribution < 1.29 is 17.8 Å². The third-order valence-corrected chi connectivity index (χ3v) is 2.73. The molecule has 0 unspecified atom stereocenters. The van der Waals surface area contributed by atoms with Crippen LogP contribution in [0.25, 0.3) is 0 Å². The molecule has 0 radical (unpaired) electrons. The number of nitrogen functional groups attached to an aromatic ring is 4. The van der Waals surface area contributed by atoms with E-state index in [-0.39, 0.29) is 22.7 Å². The molecule has 2 rings (SSSR count). The van der Waals surface area contributed by atoms with E-state index in [1.165, 1.54) is 24.3 Å². The Kier molecular flexibility index (Phi) is 7.20. The Balaban J connectivity index is 0.000000366. The zero-order chi connectivity index (χ0) is 17.3. The number of rotatable bonds is 1. The second-order valence-electron chi connectivity index (χ2n) is 3.45. The van der Waals surface area contributed by atoms with Crippen molar-refractivity contribution in [2.75, 3.05) is 22.9 Å².